The van der Waals surface area contributed by atoms with Crippen molar-refractivity contribution in [3.63, 3.8) is 0 Å². The second-order valence-electron chi connectivity index (χ2n) is 4.42. The van der Waals surface area contributed by atoms with Crippen LogP contribution >= 0.6 is 11.6 Å². The first-order valence-electron chi connectivity index (χ1n) is 6.30. The molecule has 2 rings (SSSR count). The van der Waals surface area contributed by atoms with Gasteiger partial charge in [0.1, 0.15) is 6.04 Å². The summed E-state index contributed by atoms with van der Waals surface area (Å²) in [6, 6.07) is -0.594. The van der Waals surface area contributed by atoms with Crippen LogP contribution in [0.1, 0.15) is 30.4 Å². The zero-order valence-electron chi connectivity index (χ0n) is 11.6. The number of hydrogen-bond acceptors (Lipinski definition) is 4. The zero-order valence-corrected chi connectivity index (χ0v) is 12.3. The predicted molar refractivity (Wildman–Crippen MR) is 77.0 cm³/mol. The molecule has 112 valence electrons. The number of aryl methyl sites for hydroxylation is 1. The van der Waals surface area contributed by atoms with Crippen molar-refractivity contribution in [3.8, 4) is 0 Å². The largest absolute Gasteiger partial charge is 0.364 e. The molecule has 0 saturated heterocycles. The van der Waals surface area contributed by atoms with Crippen molar-refractivity contribution in [2.24, 2.45) is 5.73 Å². The van der Waals surface area contributed by atoms with Gasteiger partial charge in [0, 0.05) is 18.9 Å². The third kappa shape index (κ3) is 3.22. The summed E-state index contributed by atoms with van der Waals surface area (Å²) in [6.45, 7) is 4.07. The molecule has 0 saturated carbocycles. The Morgan fingerprint density at radius 3 is 2.71 bits per heavy atom. The molecule has 1 atom stereocenters. The van der Waals surface area contributed by atoms with Gasteiger partial charge in [0.25, 0.3) is 5.91 Å². The van der Waals surface area contributed by atoms with Gasteiger partial charge >= 0.3 is 0 Å². The monoisotopic (exact) mass is 310 g/mol. The molecule has 0 spiro atoms. The summed E-state index contributed by atoms with van der Waals surface area (Å²) in [4.78, 5) is 23.5. The standard InChI is InChI=1S/C12H15ClN6O2/c1-3-18-6-9(10(17-18)11(14)20)16-12(21)7(2)19-5-8(13)4-15-19/h4-7H,3H2,1-2H3,(H2,14,20)(H,16,21). The van der Waals surface area contributed by atoms with Gasteiger partial charge in [-0.15, -0.1) is 0 Å². The maximum atomic E-state index is 12.2. The summed E-state index contributed by atoms with van der Waals surface area (Å²) in [7, 11) is 0. The number of nitrogens with two attached hydrogens (primary N) is 1. The van der Waals surface area contributed by atoms with Gasteiger partial charge in [0.05, 0.1) is 16.9 Å². The van der Waals surface area contributed by atoms with Gasteiger partial charge < -0.3 is 11.1 Å². The Morgan fingerprint density at radius 2 is 2.19 bits per heavy atom. The van der Waals surface area contributed by atoms with Gasteiger partial charge in [0.2, 0.25) is 5.91 Å². The van der Waals surface area contributed by atoms with Crippen LogP contribution in [0.25, 0.3) is 0 Å². The minimum absolute atomic E-state index is 0.0240. The average Bonchev–Trinajstić information content (AvgIpc) is 3.04. The second-order valence-corrected chi connectivity index (χ2v) is 4.85. The molecule has 2 amide bonds. The number of primary amides is 1. The van der Waals surface area contributed by atoms with E-state index < -0.39 is 11.9 Å². The molecule has 2 aromatic rings. The number of carbonyl (C=O) groups is 2. The summed E-state index contributed by atoms with van der Waals surface area (Å²) in [5.41, 5.74) is 5.55. The molecule has 1 unspecified atom stereocenters. The molecule has 0 radical (unpaired) electrons. The quantitative estimate of drug-likeness (QED) is 0.860. The van der Waals surface area contributed by atoms with Crippen LogP contribution in [0.15, 0.2) is 18.6 Å². The highest BCUT2D eigenvalue weighted by atomic mass is 35.5. The Labute approximate surface area is 125 Å². The Kier molecular flexibility index (Phi) is 4.27. The third-order valence-corrected chi connectivity index (χ3v) is 3.12. The minimum Gasteiger partial charge on any atom is -0.364 e. The van der Waals surface area contributed by atoms with Gasteiger partial charge in [-0.1, -0.05) is 11.6 Å². The second kappa shape index (κ2) is 5.96. The predicted octanol–water partition coefficient (Wildman–Crippen LogP) is 1.05. The molecule has 3 N–H and O–H groups in total. The molecule has 21 heavy (non-hydrogen) atoms. The maximum Gasteiger partial charge on any atom is 0.271 e. The molecule has 0 aliphatic heterocycles. The SMILES string of the molecule is CCn1cc(NC(=O)C(C)n2cc(Cl)cn2)c(C(N)=O)n1. The van der Waals surface area contributed by atoms with Crippen LogP contribution in [0.2, 0.25) is 5.02 Å². The van der Waals surface area contributed by atoms with E-state index in [1.165, 1.54) is 21.8 Å². The first-order chi connectivity index (χ1) is 9.92. The van der Waals surface area contributed by atoms with Crippen molar-refractivity contribution >= 4 is 29.1 Å². The van der Waals surface area contributed by atoms with Gasteiger partial charge in [-0.25, -0.2) is 0 Å². The average molecular weight is 311 g/mol. The zero-order chi connectivity index (χ0) is 15.6. The lowest BCUT2D eigenvalue weighted by Gasteiger charge is -2.11. The maximum absolute atomic E-state index is 12.2. The van der Waals surface area contributed by atoms with Gasteiger partial charge in [-0.05, 0) is 13.8 Å². The van der Waals surface area contributed by atoms with Gasteiger partial charge in [0.15, 0.2) is 5.69 Å². The Balaban J connectivity index is 2.19. The molecule has 0 bridgehead atoms. The van der Waals surface area contributed by atoms with E-state index in [0.717, 1.165) is 0 Å². The van der Waals surface area contributed by atoms with Crippen molar-refractivity contribution in [3.05, 3.63) is 29.3 Å². The van der Waals surface area contributed by atoms with Crippen LogP contribution in [-0.4, -0.2) is 31.4 Å². The number of nitrogens with one attached hydrogen (secondary N) is 1. The first-order valence-corrected chi connectivity index (χ1v) is 6.68. The summed E-state index contributed by atoms with van der Waals surface area (Å²) < 4.78 is 2.94. The van der Waals surface area contributed by atoms with Crippen molar-refractivity contribution in [2.75, 3.05) is 5.32 Å². The van der Waals surface area contributed by atoms with E-state index in [9.17, 15) is 9.59 Å². The van der Waals surface area contributed by atoms with Crippen molar-refractivity contribution in [1.82, 2.24) is 19.6 Å². The molecule has 0 aromatic carbocycles. The van der Waals surface area contributed by atoms with E-state index in [-0.39, 0.29) is 17.3 Å². The fourth-order valence-electron chi connectivity index (χ4n) is 1.74. The topological polar surface area (TPSA) is 108 Å². The third-order valence-electron chi connectivity index (χ3n) is 2.92. The summed E-state index contributed by atoms with van der Waals surface area (Å²) in [5.74, 6) is -1.06. The molecular formula is C12H15ClN6O2. The highest BCUT2D eigenvalue weighted by Gasteiger charge is 2.20. The van der Waals surface area contributed by atoms with Crippen LogP contribution in [-0.2, 0) is 11.3 Å². The molecule has 2 heterocycles. The lowest BCUT2D eigenvalue weighted by atomic mass is 10.3. The summed E-state index contributed by atoms with van der Waals surface area (Å²) in [5, 5.41) is 11.0. The van der Waals surface area contributed by atoms with Crippen LogP contribution in [0.5, 0.6) is 0 Å². The van der Waals surface area contributed by atoms with E-state index >= 15 is 0 Å². The molecule has 0 aliphatic carbocycles. The molecule has 0 fully saturated rings. The number of anilines is 1. The molecule has 8 nitrogen and oxygen atoms in total. The Hall–Kier alpha value is -2.35. The highest BCUT2D eigenvalue weighted by molar-refractivity contribution is 6.30. The summed E-state index contributed by atoms with van der Waals surface area (Å²) in [6.07, 6.45) is 4.53. The molecule has 9 heteroatoms. The van der Waals surface area contributed by atoms with Crippen molar-refractivity contribution in [1.29, 1.82) is 0 Å². The lowest BCUT2D eigenvalue weighted by molar-refractivity contribution is -0.119. The minimum atomic E-state index is -0.702. The van der Waals surface area contributed by atoms with Crippen molar-refractivity contribution in [2.45, 2.75) is 26.4 Å². The van der Waals surface area contributed by atoms with Crippen LogP contribution in [0.3, 0.4) is 0 Å². The van der Waals surface area contributed by atoms with E-state index in [4.69, 9.17) is 17.3 Å². The first kappa shape index (κ1) is 15.0. The van der Waals surface area contributed by atoms with Gasteiger partial charge in [-0.3, -0.25) is 19.0 Å². The number of carbonyl (C=O) groups excluding carboxylic acids is 2. The fourth-order valence-corrected chi connectivity index (χ4v) is 1.88. The smallest absolute Gasteiger partial charge is 0.271 e. The number of halogens is 1. The van der Waals surface area contributed by atoms with Crippen molar-refractivity contribution < 1.29 is 9.59 Å². The van der Waals surface area contributed by atoms with E-state index in [0.29, 0.717) is 11.6 Å². The van der Waals surface area contributed by atoms with Crippen LogP contribution < -0.4 is 11.1 Å². The molecule has 0 aliphatic rings. The van der Waals surface area contributed by atoms with E-state index in [1.807, 2.05) is 6.92 Å². The molecular weight excluding hydrogens is 296 g/mol. The van der Waals surface area contributed by atoms with E-state index in [1.54, 1.807) is 13.1 Å². The molecule has 2 aromatic heterocycles. The Morgan fingerprint density at radius 1 is 1.48 bits per heavy atom. The lowest BCUT2D eigenvalue weighted by Crippen LogP contribution is -2.25. The summed E-state index contributed by atoms with van der Waals surface area (Å²) >= 11 is 5.77. The van der Waals surface area contributed by atoms with Crippen LogP contribution in [0.4, 0.5) is 5.69 Å². The highest BCUT2D eigenvalue weighted by Crippen LogP contribution is 2.17. The van der Waals surface area contributed by atoms with Crippen LogP contribution in [0, 0.1) is 0 Å². The fraction of sp³-hybridized carbons (Fsp3) is 0.333. The number of rotatable bonds is 5. The van der Waals surface area contributed by atoms with Gasteiger partial charge in [-0.2, -0.15) is 10.2 Å². The Bertz CT molecular complexity index is 677. The normalized spacial score (nSPS) is 12.1. The number of amides is 2. The number of hydrogen-bond donors (Lipinski definition) is 2. The van der Waals surface area contributed by atoms with E-state index in [2.05, 4.69) is 15.5 Å². The number of nitrogens with zero attached hydrogens (tertiary/aromatic N) is 4. The number of aromatic nitrogens is 4.